The minimum absolute atomic E-state index is 0.0166. The van der Waals surface area contributed by atoms with Gasteiger partial charge in [0.15, 0.2) is 17.1 Å². The van der Waals surface area contributed by atoms with Crippen molar-refractivity contribution in [1.82, 2.24) is 4.98 Å². The second kappa shape index (κ2) is 6.40. The summed E-state index contributed by atoms with van der Waals surface area (Å²) in [5, 5.41) is 17.8. The van der Waals surface area contributed by atoms with Gasteiger partial charge in [0.2, 0.25) is 0 Å². The highest BCUT2D eigenvalue weighted by Crippen LogP contribution is 2.32. The number of rotatable bonds is 3. The molecule has 0 atom stereocenters. The summed E-state index contributed by atoms with van der Waals surface area (Å²) in [6, 6.07) is 9.41. The predicted octanol–water partition coefficient (Wildman–Crippen LogP) is 3.45. The number of azo groups is 1. The molecule has 3 N–H and O–H groups in total. The molecule has 3 rings (SSSR count). The van der Waals surface area contributed by atoms with Gasteiger partial charge in [-0.2, -0.15) is 13.5 Å². The zero-order valence-electron chi connectivity index (χ0n) is 12.9. The van der Waals surface area contributed by atoms with Crippen LogP contribution >= 0.6 is 0 Å². The lowest BCUT2D eigenvalue weighted by atomic mass is 10.2. The van der Waals surface area contributed by atoms with Gasteiger partial charge in [-0.15, -0.1) is 5.11 Å². The smallest absolute Gasteiger partial charge is 0.294 e. The number of hydrogen-bond acceptors (Lipinski definition) is 6. The first-order chi connectivity index (χ1) is 12.3. The molecule has 9 nitrogen and oxygen atoms in total. The maximum Gasteiger partial charge on any atom is 0.294 e. The second-order valence-corrected chi connectivity index (χ2v) is 6.58. The zero-order chi connectivity index (χ0) is 18.9. The average molecular weight is 370 g/mol. The van der Waals surface area contributed by atoms with Crippen LogP contribution < -0.4 is 5.56 Å². The van der Waals surface area contributed by atoms with Gasteiger partial charge in [-0.05, 0) is 30.3 Å². The van der Waals surface area contributed by atoms with E-state index in [0.717, 1.165) is 12.1 Å². The molecule has 0 aliphatic heterocycles. The van der Waals surface area contributed by atoms with Gasteiger partial charge in [-0.1, -0.05) is 12.1 Å². The van der Waals surface area contributed by atoms with Gasteiger partial charge in [0.05, 0.1) is 22.7 Å². The number of nitrogens with one attached hydrogen (secondary N) is 1. The van der Waals surface area contributed by atoms with Crippen molar-refractivity contribution in [1.29, 1.82) is 0 Å². The molecule has 1 heterocycles. The number of pyridine rings is 1. The Balaban J connectivity index is 2.11. The van der Waals surface area contributed by atoms with E-state index in [0.29, 0.717) is 11.4 Å². The Labute approximate surface area is 146 Å². The number of hydrogen-bond donors (Lipinski definition) is 3. The van der Waals surface area contributed by atoms with Crippen molar-refractivity contribution in [2.24, 2.45) is 10.2 Å². The Morgan fingerprint density at radius 2 is 1.77 bits per heavy atom. The fraction of sp³-hybridized carbons (Fsp3) is 0. The van der Waals surface area contributed by atoms with Crippen LogP contribution in [-0.4, -0.2) is 23.1 Å². The molecule has 26 heavy (non-hydrogen) atoms. The van der Waals surface area contributed by atoms with E-state index >= 15 is 0 Å². The quantitative estimate of drug-likeness (QED) is 0.368. The molecule has 0 bridgehead atoms. The molecule has 0 aliphatic carbocycles. The zero-order valence-corrected chi connectivity index (χ0v) is 13.7. The predicted molar refractivity (Wildman–Crippen MR) is 92.9 cm³/mol. The van der Waals surface area contributed by atoms with E-state index in [1.807, 2.05) is 0 Å². The molecule has 0 saturated carbocycles. The van der Waals surface area contributed by atoms with Crippen LogP contribution in [0.4, 0.5) is 17.1 Å². The highest BCUT2D eigenvalue weighted by Gasteiger charge is 2.16. The van der Waals surface area contributed by atoms with Crippen molar-refractivity contribution in [3.63, 3.8) is 0 Å². The minimum atomic E-state index is -4.48. The molecule has 0 spiro atoms. The van der Waals surface area contributed by atoms with E-state index in [9.17, 15) is 18.3 Å². The van der Waals surface area contributed by atoms with E-state index in [4.69, 9.17) is 11.1 Å². The first-order valence-corrected chi connectivity index (χ1v) is 8.49. The normalized spacial score (nSPS) is 11.7. The van der Waals surface area contributed by atoms with Gasteiger partial charge in [0.1, 0.15) is 0 Å². The van der Waals surface area contributed by atoms with Crippen molar-refractivity contribution < 1.29 is 18.1 Å². The summed E-state index contributed by atoms with van der Waals surface area (Å²) in [6.07, 6.45) is 0. The van der Waals surface area contributed by atoms with Gasteiger partial charge in [-0.3, -0.25) is 9.35 Å². The van der Waals surface area contributed by atoms with E-state index in [1.165, 1.54) is 30.3 Å². The standard InChI is InChI=1S/C16H10N4O5S/c1-17-9-2-4-10(5-3-9)19-20-14-15(21)12-8-11(26(23,24)25)6-7-13(12)18-16(14)22/h2-8H,(H2,18,21,22)(H,23,24,25). The molecule has 0 aliphatic rings. The topological polar surface area (TPSA) is 137 Å². The highest BCUT2D eigenvalue weighted by atomic mass is 32.2. The maximum absolute atomic E-state index is 12.1. The van der Waals surface area contributed by atoms with Gasteiger partial charge in [0.25, 0.3) is 15.7 Å². The summed E-state index contributed by atoms with van der Waals surface area (Å²) in [7, 11) is -4.48. The number of nitrogens with zero attached hydrogens (tertiary/aromatic N) is 3. The van der Waals surface area contributed by atoms with Gasteiger partial charge >= 0.3 is 0 Å². The van der Waals surface area contributed by atoms with Gasteiger partial charge in [-0.25, -0.2) is 4.85 Å². The third-order valence-electron chi connectivity index (χ3n) is 3.48. The monoisotopic (exact) mass is 370 g/mol. The van der Waals surface area contributed by atoms with Crippen LogP contribution in [0.25, 0.3) is 15.7 Å². The third-order valence-corrected chi connectivity index (χ3v) is 4.33. The Bertz CT molecular complexity index is 1240. The molecular weight excluding hydrogens is 360 g/mol. The van der Waals surface area contributed by atoms with Crippen LogP contribution in [0.3, 0.4) is 0 Å². The summed E-state index contributed by atoms with van der Waals surface area (Å²) in [6.45, 7) is 6.88. The van der Waals surface area contributed by atoms with Crippen molar-refractivity contribution in [3.05, 3.63) is 64.2 Å². The van der Waals surface area contributed by atoms with E-state index in [-0.39, 0.29) is 10.9 Å². The minimum Gasteiger partial charge on any atom is -0.505 e. The lowest BCUT2D eigenvalue weighted by Gasteiger charge is -2.05. The lowest BCUT2D eigenvalue weighted by molar-refractivity contribution is 0.480. The molecule has 130 valence electrons. The molecule has 0 unspecified atom stereocenters. The first kappa shape index (κ1) is 17.3. The SMILES string of the molecule is [C-]#[N+]c1ccc(N=Nc2c(O)c3cc(S(=O)(=O)O)ccc3[nH]c2=O)cc1. The van der Waals surface area contributed by atoms with Gasteiger partial charge < -0.3 is 10.1 Å². The summed E-state index contributed by atoms with van der Waals surface area (Å²) in [5.41, 5.74) is -0.216. The number of aromatic amines is 1. The molecule has 0 radical (unpaired) electrons. The number of benzene rings is 2. The first-order valence-electron chi connectivity index (χ1n) is 7.05. The van der Waals surface area contributed by atoms with Crippen LogP contribution in [-0.2, 0) is 10.1 Å². The van der Waals surface area contributed by atoms with Gasteiger partial charge in [0, 0.05) is 5.39 Å². The Kier molecular flexibility index (Phi) is 4.25. The lowest BCUT2D eigenvalue weighted by Crippen LogP contribution is -2.06. The molecule has 0 fully saturated rings. The molecule has 0 amide bonds. The Morgan fingerprint density at radius 1 is 1.08 bits per heavy atom. The molecule has 2 aromatic carbocycles. The van der Waals surface area contributed by atoms with Crippen molar-refractivity contribution in [2.45, 2.75) is 4.90 Å². The van der Waals surface area contributed by atoms with Crippen molar-refractivity contribution in [3.8, 4) is 5.75 Å². The van der Waals surface area contributed by atoms with Crippen molar-refractivity contribution in [2.75, 3.05) is 0 Å². The number of aromatic hydroxyl groups is 1. The Morgan fingerprint density at radius 3 is 2.38 bits per heavy atom. The van der Waals surface area contributed by atoms with Crippen LogP contribution in [0.1, 0.15) is 0 Å². The molecule has 0 saturated heterocycles. The van der Waals surface area contributed by atoms with Crippen LogP contribution in [0.15, 0.2) is 62.4 Å². The number of H-pyrrole nitrogens is 1. The van der Waals surface area contributed by atoms with E-state index in [2.05, 4.69) is 20.1 Å². The molecule has 3 aromatic rings. The Hall–Kier alpha value is -3.55. The summed E-state index contributed by atoms with van der Waals surface area (Å²) in [5.74, 6) is -0.573. The highest BCUT2D eigenvalue weighted by molar-refractivity contribution is 7.85. The summed E-state index contributed by atoms with van der Waals surface area (Å²) < 4.78 is 31.6. The van der Waals surface area contributed by atoms with Crippen molar-refractivity contribution >= 4 is 38.1 Å². The fourth-order valence-electron chi connectivity index (χ4n) is 2.20. The molecular formula is C16H10N4O5S. The summed E-state index contributed by atoms with van der Waals surface area (Å²) >= 11 is 0. The van der Waals surface area contributed by atoms with E-state index < -0.39 is 32.0 Å². The fourth-order valence-corrected chi connectivity index (χ4v) is 2.71. The van der Waals surface area contributed by atoms with E-state index in [1.54, 1.807) is 0 Å². The second-order valence-electron chi connectivity index (χ2n) is 5.16. The summed E-state index contributed by atoms with van der Waals surface area (Å²) in [4.78, 5) is 17.3. The van der Waals surface area contributed by atoms with Crippen LogP contribution in [0, 0.1) is 6.57 Å². The number of aromatic nitrogens is 1. The van der Waals surface area contributed by atoms with Crippen LogP contribution in [0.5, 0.6) is 5.75 Å². The maximum atomic E-state index is 12.1. The third kappa shape index (κ3) is 3.30. The largest absolute Gasteiger partial charge is 0.505 e. The average Bonchev–Trinajstić information content (AvgIpc) is 2.61. The number of fused-ring (bicyclic) bond motifs is 1. The molecule has 1 aromatic heterocycles. The van der Waals surface area contributed by atoms with Crippen LogP contribution in [0.2, 0.25) is 0 Å². The molecule has 10 heteroatoms.